The Kier molecular flexibility index (Phi) is 8.29. The molecular weight excluding hydrogens is 400 g/mol. The molecule has 6 nitrogen and oxygen atoms in total. The van der Waals surface area contributed by atoms with E-state index in [4.69, 9.17) is 16.3 Å². The van der Waals surface area contributed by atoms with E-state index >= 15 is 0 Å². The zero-order valence-electron chi connectivity index (χ0n) is 16.0. The van der Waals surface area contributed by atoms with Gasteiger partial charge in [-0.2, -0.15) is 4.31 Å². The highest BCUT2D eigenvalue weighted by molar-refractivity contribution is 7.89. The minimum absolute atomic E-state index is 0.204. The van der Waals surface area contributed by atoms with E-state index in [0.29, 0.717) is 29.5 Å². The summed E-state index contributed by atoms with van der Waals surface area (Å²) in [6.07, 6.45) is 1.50. The number of halogens is 1. The summed E-state index contributed by atoms with van der Waals surface area (Å²) in [7, 11) is -3.54. The molecule has 2 aromatic carbocycles. The number of hydrogen-bond acceptors (Lipinski definition) is 4. The van der Waals surface area contributed by atoms with Crippen LogP contribution in [0.5, 0.6) is 5.75 Å². The van der Waals surface area contributed by atoms with Gasteiger partial charge in [0.25, 0.3) is 5.91 Å². The topological polar surface area (TPSA) is 75.7 Å². The van der Waals surface area contributed by atoms with Crippen LogP contribution in [0, 0.1) is 0 Å². The molecule has 0 aliphatic carbocycles. The van der Waals surface area contributed by atoms with Crippen molar-refractivity contribution in [1.82, 2.24) is 4.31 Å². The standard InChI is InChI=1S/C20H25ClN2O4S/c1-3-13-23(14-4-2)28(25,26)17-11-9-16(10-12-17)22-20(24)15-27-19-8-6-5-7-18(19)21/h5-12H,3-4,13-15H2,1-2H3,(H,22,24). The lowest BCUT2D eigenvalue weighted by molar-refractivity contribution is -0.118. The van der Waals surface area contributed by atoms with Crippen LogP contribution in [0.2, 0.25) is 5.02 Å². The Morgan fingerprint density at radius 3 is 2.21 bits per heavy atom. The van der Waals surface area contributed by atoms with Gasteiger partial charge in [-0.25, -0.2) is 8.42 Å². The molecule has 152 valence electrons. The van der Waals surface area contributed by atoms with Crippen LogP contribution in [-0.2, 0) is 14.8 Å². The molecule has 0 aromatic heterocycles. The fourth-order valence-electron chi connectivity index (χ4n) is 2.61. The van der Waals surface area contributed by atoms with Crippen LogP contribution in [0.15, 0.2) is 53.4 Å². The van der Waals surface area contributed by atoms with Gasteiger partial charge in [0.1, 0.15) is 5.75 Å². The second-order valence-corrected chi connectivity index (χ2v) is 8.54. The minimum atomic E-state index is -3.54. The van der Waals surface area contributed by atoms with Gasteiger partial charge in [-0.1, -0.05) is 37.6 Å². The molecule has 28 heavy (non-hydrogen) atoms. The van der Waals surface area contributed by atoms with Gasteiger partial charge in [0.15, 0.2) is 6.61 Å². The third-order valence-corrected chi connectivity index (χ3v) is 6.14. The molecule has 0 saturated carbocycles. The number of carbonyl (C=O) groups is 1. The van der Waals surface area contributed by atoms with E-state index in [9.17, 15) is 13.2 Å². The number of carbonyl (C=O) groups excluding carboxylic acids is 1. The second kappa shape index (κ2) is 10.5. The average molecular weight is 425 g/mol. The van der Waals surface area contributed by atoms with Crippen LogP contribution in [0.1, 0.15) is 26.7 Å². The highest BCUT2D eigenvalue weighted by Crippen LogP contribution is 2.23. The Balaban J connectivity index is 1.99. The van der Waals surface area contributed by atoms with Gasteiger partial charge in [-0.3, -0.25) is 4.79 Å². The van der Waals surface area contributed by atoms with Gasteiger partial charge in [-0.05, 0) is 49.2 Å². The molecule has 2 rings (SSSR count). The first-order valence-corrected chi connectivity index (χ1v) is 11.0. The van der Waals surface area contributed by atoms with E-state index in [2.05, 4.69) is 5.32 Å². The van der Waals surface area contributed by atoms with Crippen molar-refractivity contribution in [2.75, 3.05) is 25.0 Å². The highest BCUT2D eigenvalue weighted by Gasteiger charge is 2.22. The number of sulfonamides is 1. The van der Waals surface area contributed by atoms with Crippen LogP contribution >= 0.6 is 11.6 Å². The Bertz CT molecular complexity index is 879. The number of para-hydroxylation sites is 1. The van der Waals surface area contributed by atoms with Crippen molar-refractivity contribution in [2.24, 2.45) is 0 Å². The summed E-state index contributed by atoms with van der Waals surface area (Å²) >= 11 is 5.98. The SMILES string of the molecule is CCCN(CCC)S(=O)(=O)c1ccc(NC(=O)COc2ccccc2Cl)cc1. The third-order valence-electron chi connectivity index (χ3n) is 3.92. The van der Waals surface area contributed by atoms with Gasteiger partial charge in [-0.15, -0.1) is 0 Å². The van der Waals surface area contributed by atoms with Gasteiger partial charge < -0.3 is 10.1 Å². The Morgan fingerprint density at radius 1 is 1.04 bits per heavy atom. The molecule has 0 heterocycles. The molecule has 0 unspecified atom stereocenters. The summed E-state index contributed by atoms with van der Waals surface area (Å²) in [6.45, 7) is 4.65. The molecule has 1 amide bonds. The predicted molar refractivity (Wildman–Crippen MR) is 111 cm³/mol. The first-order chi connectivity index (χ1) is 13.4. The van der Waals surface area contributed by atoms with Crippen LogP contribution in [0.25, 0.3) is 0 Å². The smallest absolute Gasteiger partial charge is 0.262 e. The van der Waals surface area contributed by atoms with E-state index in [-0.39, 0.29) is 17.4 Å². The fraction of sp³-hybridized carbons (Fsp3) is 0.350. The van der Waals surface area contributed by atoms with E-state index in [1.54, 1.807) is 36.4 Å². The lowest BCUT2D eigenvalue weighted by atomic mass is 10.3. The number of nitrogens with zero attached hydrogens (tertiary/aromatic N) is 1. The molecule has 0 atom stereocenters. The maximum Gasteiger partial charge on any atom is 0.262 e. The molecule has 0 spiro atoms. The zero-order valence-corrected chi connectivity index (χ0v) is 17.6. The van der Waals surface area contributed by atoms with Gasteiger partial charge in [0.2, 0.25) is 10.0 Å². The first kappa shape index (κ1) is 22.2. The minimum Gasteiger partial charge on any atom is -0.482 e. The third kappa shape index (κ3) is 5.95. The highest BCUT2D eigenvalue weighted by atomic mass is 35.5. The molecule has 0 radical (unpaired) electrons. The lowest BCUT2D eigenvalue weighted by Gasteiger charge is -2.21. The van der Waals surface area contributed by atoms with E-state index < -0.39 is 10.0 Å². The van der Waals surface area contributed by atoms with Crippen LogP contribution in [-0.4, -0.2) is 38.3 Å². The summed E-state index contributed by atoms with van der Waals surface area (Å²) in [5.41, 5.74) is 0.490. The summed E-state index contributed by atoms with van der Waals surface area (Å²) in [5.74, 6) is 0.0572. The first-order valence-electron chi connectivity index (χ1n) is 9.15. The average Bonchev–Trinajstić information content (AvgIpc) is 2.67. The monoisotopic (exact) mass is 424 g/mol. The number of benzene rings is 2. The van der Waals surface area contributed by atoms with Crippen LogP contribution in [0.4, 0.5) is 5.69 Å². The second-order valence-electron chi connectivity index (χ2n) is 6.20. The van der Waals surface area contributed by atoms with Gasteiger partial charge >= 0.3 is 0 Å². The summed E-state index contributed by atoms with van der Waals surface area (Å²) < 4.78 is 32.4. The number of hydrogen-bond donors (Lipinski definition) is 1. The van der Waals surface area contributed by atoms with Crippen molar-refractivity contribution in [3.8, 4) is 5.75 Å². The molecule has 8 heteroatoms. The molecular formula is C20H25ClN2O4S. The number of rotatable bonds is 10. The summed E-state index contributed by atoms with van der Waals surface area (Å²) in [6, 6.07) is 13.0. The molecule has 0 aliphatic heterocycles. The maximum absolute atomic E-state index is 12.7. The number of anilines is 1. The molecule has 0 aliphatic rings. The maximum atomic E-state index is 12.7. The van der Waals surface area contributed by atoms with Crippen molar-refractivity contribution in [3.05, 3.63) is 53.6 Å². The van der Waals surface area contributed by atoms with E-state index in [1.165, 1.54) is 16.4 Å². The molecule has 2 aromatic rings. The molecule has 0 fully saturated rings. The Labute approximate surface area is 171 Å². The fourth-order valence-corrected chi connectivity index (χ4v) is 4.43. The summed E-state index contributed by atoms with van der Waals surface area (Å²) in [5, 5.41) is 3.10. The van der Waals surface area contributed by atoms with Gasteiger partial charge in [0.05, 0.1) is 9.92 Å². The number of nitrogens with one attached hydrogen (secondary N) is 1. The normalized spacial score (nSPS) is 11.4. The van der Waals surface area contributed by atoms with Crippen molar-refractivity contribution in [1.29, 1.82) is 0 Å². The van der Waals surface area contributed by atoms with Crippen molar-refractivity contribution < 1.29 is 17.9 Å². The van der Waals surface area contributed by atoms with Crippen LogP contribution in [0.3, 0.4) is 0 Å². The Morgan fingerprint density at radius 2 is 1.64 bits per heavy atom. The van der Waals surface area contributed by atoms with Crippen molar-refractivity contribution >= 4 is 33.2 Å². The molecule has 0 bridgehead atoms. The largest absolute Gasteiger partial charge is 0.482 e. The lowest BCUT2D eigenvalue weighted by Crippen LogP contribution is -2.32. The predicted octanol–water partition coefficient (Wildman–Crippen LogP) is 4.17. The quantitative estimate of drug-likeness (QED) is 0.621. The van der Waals surface area contributed by atoms with Crippen LogP contribution < -0.4 is 10.1 Å². The van der Waals surface area contributed by atoms with Crippen molar-refractivity contribution in [2.45, 2.75) is 31.6 Å². The summed E-state index contributed by atoms with van der Waals surface area (Å²) in [4.78, 5) is 12.3. The number of ether oxygens (including phenoxy) is 1. The molecule has 0 saturated heterocycles. The van der Waals surface area contributed by atoms with E-state index in [1.807, 2.05) is 13.8 Å². The Hall–Kier alpha value is -2.09. The van der Waals surface area contributed by atoms with E-state index in [0.717, 1.165) is 12.8 Å². The molecule has 1 N–H and O–H groups in total. The number of amides is 1. The van der Waals surface area contributed by atoms with Crippen molar-refractivity contribution in [3.63, 3.8) is 0 Å². The zero-order chi connectivity index (χ0) is 20.6. The van der Waals surface area contributed by atoms with Gasteiger partial charge in [0, 0.05) is 18.8 Å².